The normalized spacial score (nSPS) is 19.6. The van der Waals surface area contributed by atoms with Crippen molar-refractivity contribution in [2.75, 3.05) is 13.1 Å². The van der Waals surface area contributed by atoms with E-state index in [0.29, 0.717) is 0 Å². The van der Waals surface area contributed by atoms with Crippen molar-refractivity contribution in [1.29, 1.82) is 0 Å². The van der Waals surface area contributed by atoms with Gasteiger partial charge in [-0.15, -0.1) is 0 Å². The van der Waals surface area contributed by atoms with Gasteiger partial charge in [0.1, 0.15) is 5.92 Å². The highest BCUT2D eigenvalue weighted by Gasteiger charge is 2.25. The monoisotopic (exact) mass is 183 g/mol. The molecule has 1 radical (unpaired) electrons. The van der Waals surface area contributed by atoms with Gasteiger partial charge in [0.2, 0.25) is 11.8 Å². The molecule has 0 aliphatic carbocycles. The number of nitrogens with two attached hydrogens (primary N) is 1. The zero-order valence-corrected chi connectivity index (χ0v) is 7.82. The molecular formula is C9H15N2O2. The Balaban J connectivity index is 2.50. The van der Waals surface area contributed by atoms with Gasteiger partial charge in [-0.2, -0.15) is 0 Å². The fourth-order valence-electron chi connectivity index (χ4n) is 1.37. The first kappa shape index (κ1) is 10.0. The zero-order chi connectivity index (χ0) is 9.84. The van der Waals surface area contributed by atoms with Crippen molar-refractivity contribution in [3.05, 3.63) is 6.42 Å². The van der Waals surface area contributed by atoms with Gasteiger partial charge < -0.3 is 10.6 Å². The van der Waals surface area contributed by atoms with Gasteiger partial charge in [0, 0.05) is 13.1 Å². The smallest absolute Gasteiger partial charge is 0.234 e. The summed E-state index contributed by atoms with van der Waals surface area (Å²) < 4.78 is 0. The Labute approximate surface area is 78.1 Å². The van der Waals surface area contributed by atoms with Crippen LogP contribution >= 0.6 is 0 Å². The Kier molecular flexibility index (Phi) is 3.28. The van der Waals surface area contributed by atoms with E-state index in [-0.39, 0.29) is 5.91 Å². The first-order chi connectivity index (χ1) is 6.13. The predicted molar refractivity (Wildman–Crippen MR) is 48.5 cm³/mol. The van der Waals surface area contributed by atoms with Gasteiger partial charge in [-0.25, -0.2) is 0 Å². The molecule has 73 valence electrons. The van der Waals surface area contributed by atoms with Gasteiger partial charge in [0.05, 0.1) is 0 Å². The number of piperidine rings is 1. The van der Waals surface area contributed by atoms with Crippen molar-refractivity contribution in [2.45, 2.75) is 19.8 Å². The van der Waals surface area contributed by atoms with E-state index < -0.39 is 11.8 Å². The van der Waals surface area contributed by atoms with Crippen molar-refractivity contribution in [2.24, 2.45) is 11.7 Å². The van der Waals surface area contributed by atoms with E-state index in [4.69, 9.17) is 5.73 Å². The van der Waals surface area contributed by atoms with Gasteiger partial charge in [0.25, 0.3) is 0 Å². The summed E-state index contributed by atoms with van der Waals surface area (Å²) in [5.41, 5.74) is 5.05. The number of amides is 2. The van der Waals surface area contributed by atoms with Crippen molar-refractivity contribution in [3.8, 4) is 0 Å². The molecular weight excluding hydrogens is 168 g/mol. The lowest BCUT2D eigenvalue weighted by molar-refractivity contribution is -0.140. The summed E-state index contributed by atoms with van der Waals surface area (Å²) in [6.45, 7) is 3.00. The maximum Gasteiger partial charge on any atom is 0.234 e. The number of nitrogens with zero attached hydrogens (tertiary/aromatic N) is 1. The van der Waals surface area contributed by atoms with Crippen LogP contribution in [0.5, 0.6) is 0 Å². The van der Waals surface area contributed by atoms with E-state index >= 15 is 0 Å². The highest BCUT2D eigenvalue weighted by molar-refractivity contribution is 5.99. The summed E-state index contributed by atoms with van der Waals surface area (Å²) in [5.74, 6) is -1.36. The summed E-state index contributed by atoms with van der Waals surface area (Å²) in [4.78, 5) is 24.0. The molecule has 1 aliphatic heterocycles. The minimum atomic E-state index is -0.682. The second kappa shape index (κ2) is 4.25. The molecule has 4 heteroatoms. The molecule has 4 nitrogen and oxygen atoms in total. The standard InChI is InChI=1S/C9H15N2O2/c1-7(8(10)12)9(13)11-5-3-2-4-6-11/h2,7H,3-6H2,1H3,(H2,10,12). The van der Waals surface area contributed by atoms with Crippen LogP contribution in [0.25, 0.3) is 0 Å². The van der Waals surface area contributed by atoms with E-state index in [9.17, 15) is 9.59 Å². The lowest BCUT2D eigenvalue weighted by atomic mass is 10.1. The van der Waals surface area contributed by atoms with E-state index in [2.05, 4.69) is 6.42 Å². The fourth-order valence-corrected chi connectivity index (χ4v) is 1.37. The largest absolute Gasteiger partial charge is 0.369 e. The summed E-state index contributed by atoms with van der Waals surface area (Å²) in [6, 6.07) is 0. The molecule has 1 atom stereocenters. The second-order valence-corrected chi connectivity index (χ2v) is 3.32. The highest BCUT2D eigenvalue weighted by atomic mass is 16.2. The maximum absolute atomic E-state index is 11.6. The number of primary amides is 1. The first-order valence-corrected chi connectivity index (χ1v) is 4.52. The van der Waals surface area contributed by atoms with E-state index in [0.717, 1.165) is 25.9 Å². The van der Waals surface area contributed by atoms with Crippen molar-refractivity contribution in [3.63, 3.8) is 0 Å². The molecule has 0 saturated carbocycles. The molecule has 0 aromatic heterocycles. The maximum atomic E-state index is 11.6. The van der Waals surface area contributed by atoms with Crippen LogP contribution in [-0.4, -0.2) is 29.8 Å². The second-order valence-electron chi connectivity index (χ2n) is 3.32. The minimum Gasteiger partial charge on any atom is -0.369 e. The van der Waals surface area contributed by atoms with E-state index in [1.807, 2.05) is 0 Å². The Morgan fingerprint density at radius 3 is 2.38 bits per heavy atom. The van der Waals surface area contributed by atoms with Gasteiger partial charge in [-0.1, -0.05) is 0 Å². The molecule has 13 heavy (non-hydrogen) atoms. The lowest BCUT2D eigenvalue weighted by Crippen LogP contribution is -2.43. The average molecular weight is 183 g/mol. The quantitative estimate of drug-likeness (QED) is 0.609. The van der Waals surface area contributed by atoms with Crippen LogP contribution in [-0.2, 0) is 9.59 Å². The van der Waals surface area contributed by atoms with Crippen LogP contribution in [0.15, 0.2) is 0 Å². The SMILES string of the molecule is CC(C(N)=O)C(=O)N1CC[CH]CC1. The number of carbonyl (C=O) groups is 2. The number of rotatable bonds is 2. The number of carbonyl (C=O) groups excluding carboxylic acids is 2. The van der Waals surface area contributed by atoms with Crippen molar-refractivity contribution in [1.82, 2.24) is 4.90 Å². The molecule has 1 unspecified atom stereocenters. The number of hydrogen-bond acceptors (Lipinski definition) is 2. The highest BCUT2D eigenvalue weighted by Crippen LogP contribution is 2.11. The molecule has 0 aromatic carbocycles. The van der Waals surface area contributed by atoms with E-state index in [1.54, 1.807) is 11.8 Å². The summed E-state index contributed by atoms with van der Waals surface area (Å²) in [5, 5.41) is 0. The van der Waals surface area contributed by atoms with Crippen LogP contribution in [0.4, 0.5) is 0 Å². The topological polar surface area (TPSA) is 63.4 Å². The molecule has 0 aromatic rings. The van der Waals surface area contributed by atoms with Gasteiger partial charge >= 0.3 is 0 Å². The van der Waals surface area contributed by atoms with Crippen LogP contribution in [0.2, 0.25) is 0 Å². The van der Waals surface area contributed by atoms with Gasteiger partial charge in [-0.3, -0.25) is 9.59 Å². The molecule has 1 rings (SSSR count). The van der Waals surface area contributed by atoms with Gasteiger partial charge in [-0.05, 0) is 26.2 Å². The van der Waals surface area contributed by atoms with Crippen LogP contribution < -0.4 is 5.73 Å². The third-order valence-corrected chi connectivity index (χ3v) is 2.32. The molecule has 0 spiro atoms. The summed E-state index contributed by atoms with van der Waals surface area (Å²) in [6.07, 6.45) is 3.98. The van der Waals surface area contributed by atoms with Crippen LogP contribution in [0, 0.1) is 12.3 Å². The molecule has 1 saturated heterocycles. The number of likely N-dealkylation sites (tertiary alicyclic amines) is 1. The summed E-state index contributed by atoms with van der Waals surface area (Å²) >= 11 is 0. The molecule has 2 N–H and O–H groups in total. The molecule has 1 fully saturated rings. The van der Waals surface area contributed by atoms with Crippen LogP contribution in [0.3, 0.4) is 0 Å². The molecule has 2 amide bonds. The zero-order valence-electron chi connectivity index (χ0n) is 7.82. The Morgan fingerprint density at radius 2 is 1.92 bits per heavy atom. The third-order valence-electron chi connectivity index (χ3n) is 2.32. The Bertz CT molecular complexity index is 210. The lowest BCUT2D eigenvalue weighted by Gasteiger charge is -2.28. The predicted octanol–water partition coefficient (Wildman–Crippen LogP) is -0.0655. The minimum absolute atomic E-state index is 0.138. The average Bonchev–Trinajstić information content (AvgIpc) is 2.17. The summed E-state index contributed by atoms with van der Waals surface area (Å²) in [7, 11) is 0. The molecule has 1 heterocycles. The molecule has 1 aliphatic rings. The van der Waals surface area contributed by atoms with Gasteiger partial charge in [0.15, 0.2) is 0 Å². The van der Waals surface area contributed by atoms with E-state index in [1.165, 1.54) is 0 Å². The third kappa shape index (κ3) is 2.44. The van der Waals surface area contributed by atoms with Crippen molar-refractivity contribution < 1.29 is 9.59 Å². The Hall–Kier alpha value is -1.06. The first-order valence-electron chi connectivity index (χ1n) is 4.52. The Morgan fingerprint density at radius 1 is 1.38 bits per heavy atom. The number of hydrogen-bond donors (Lipinski definition) is 1. The molecule has 0 bridgehead atoms. The van der Waals surface area contributed by atoms with Crippen molar-refractivity contribution >= 4 is 11.8 Å². The van der Waals surface area contributed by atoms with Crippen LogP contribution in [0.1, 0.15) is 19.8 Å². The fraction of sp³-hybridized carbons (Fsp3) is 0.667.